The van der Waals surface area contributed by atoms with Crippen LogP contribution in [0.5, 0.6) is 0 Å². The van der Waals surface area contributed by atoms with E-state index >= 15 is 0 Å². The first-order valence-corrected chi connectivity index (χ1v) is 6.97. The van der Waals surface area contributed by atoms with Crippen LogP contribution in [0.15, 0.2) is 34.7 Å². The summed E-state index contributed by atoms with van der Waals surface area (Å²) in [7, 11) is 1.42. The molecule has 0 bridgehead atoms. The van der Waals surface area contributed by atoms with E-state index in [1.165, 1.54) is 7.11 Å². The second-order valence-corrected chi connectivity index (χ2v) is 5.02. The predicted molar refractivity (Wildman–Crippen MR) is 75.2 cm³/mol. The number of likely N-dealkylation sites (tertiary alicyclic amines) is 1. The number of benzene rings is 1. The average Bonchev–Trinajstić information content (AvgIpc) is 3.17. The van der Waals surface area contributed by atoms with Crippen LogP contribution in [0.3, 0.4) is 0 Å². The molecule has 1 atom stereocenters. The van der Waals surface area contributed by atoms with Crippen molar-refractivity contribution in [3.63, 3.8) is 0 Å². The number of aromatic nitrogens is 2. The van der Waals surface area contributed by atoms with Crippen LogP contribution in [0.2, 0.25) is 0 Å². The molecule has 0 aliphatic carbocycles. The average molecular weight is 287 g/mol. The van der Waals surface area contributed by atoms with Crippen molar-refractivity contribution in [1.29, 1.82) is 0 Å². The van der Waals surface area contributed by atoms with Crippen LogP contribution in [0.25, 0.3) is 11.5 Å². The fourth-order valence-electron chi connectivity index (χ4n) is 2.61. The van der Waals surface area contributed by atoms with Crippen molar-refractivity contribution in [2.75, 3.05) is 13.7 Å². The standard InChI is InChI=1S/C15H17N3O3/c1-20-15(19)12-8-5-9-18(12)10-13-16-17-14(21-13)11-6-3-2-4-7-11/h2-4,6-7,12H,5,8-10H2,1H3. The molecule has 6 heteroatoms. The minimum absolute atomic E-state index is 0.199. The molecule has 21 heavy (non-hydrogen) atoms. The zero-order chi connectivity index (χ0) is 14.7. The Kier molecular flexibility index (Phi) is 3.96. The number of hydrogen-bond acceptors (Lipinski definition) is 6. The zero-order valence-electron chi connectivity index (χ0n) is 11.9. The van der Waals surface area contributed by atoms with E-state index in [9.17, 15) is 4.79 Å². The van der Waals surface area contributed by atoms with Gasteiger partial charge in [0.15, 0.2) is 0 Å². The van der Waals surface area contributed by atoms with E-state index in [0.29, 0.717) is 18.3 Å². The molecule has 2 heterocycles. The summed E-state index contributed by atoms with van der Waals surface area (Å²) in [4.78, 5) is 13.7. The number of rotatable bonds is 4. The van der Waals surface area contributed by atoms with Gasteiger partial charge in [-0.15, -0.1) is 10.2 Å². The normalized spacial score (nSPS) is 18.8. The molecule has 6 nitrogen and oxygen atoms in total. The lowest BCUT2D eigenvalue weighted by Crippen LogP contribution is -2.36. The van der Waals surface area contributed by atoms with Gasteiger partial charge in [-0.2, -0.15) is 0 Å². The summed E-state index contributed by atoms with van der Waals surface area (Å²) in [5.74, 6) is 0.819. The second-order valence-electron chi connectivity index (χ2n) is 5.02. The fraction of sp³-hybridized carbons (Fsp3) is 0.400. The first-order chi connectivity index (χ1) is 10.3. The number of carbonyl (C=O) groups is 1. The summed E-state index contributed by atoms with van der Waals surface area (Å²) in [6, 6.07) is 9.42. The summed E-state index contributed by atoms with van der Waals surface area (Å²) in [6.45, 7) is 1.31. The van der Waals surface area contributed by atoms with Crippen LogP contribution in [-0.2, 0) is 16.1 Å². The lowest BCUT2D eigenvalue weighted by molar-refractivity contribution is -0.146. The SMILES string of the molecule is COC(=O)C1CCCN1Cc1nnc(-c2ccccc2)o1. The third kappa shape index (κ3) is 2.95. The van der Waals surface area contributed by atoms with Gasteiger partial charge in [-0.3, -0.25) is 9.69 Å². The van der Waals surface area contributed by atoms with Crippen LogP contribution >= 0.6 is 0 Å². The van der Waals surface area contributed by atoms with Crippen molar-refractivity contribution < 1.29 is 13.9 Å². The number of nitrogens with zero attached hydrogens (tertiary/aromatic N) is 3. The molecule has 0 radical (unpaired) electrons. The molecular formula is C15H17N3O3. The third-order valence-electron chi connectivity index (χ3n) is 3.66. The van der Waals surface area contributed by atoms with Gasteiger partial charge in [0.2, 0.25) is 11.8 Å². The predicted octanol–water partition coefficient (Wildman–Crippen LogP) is 1.87. The minimum Gasteiger partial charge on any atom is -0.468 e. The Bertz CT molecular complexity index is 612. The first kappa shape index (κ1) is 13.8. The zero-order valence-corrected chi connectivity index (χ0v) is 11.9. The highest BCUT2D eigenvalue weighted by Crippen LogP contribution is 2.22. The first-order valence-electron chi connectivity index (χ1n) is 6.97. The van der Waals surface area contributed by atoms with Gasteiger partial charge in [-0.1, -0.05) is 18.2 Å². The Balaban J connectivity index is 1.71. The molecule has 1 aromatic carbocycles. The number of methoxy groups -OCH3 is 1. The Labute approximate surface area is 122 Å². The highest BCUT2D eigenvalue weighted by molar-refractivity contribution is 5.75. The highest BCUT2D eigenvalue weighted by atomic mass is 16.5. The van der Waals surface area contributed by atoms with Crippen molar-refractivity contribution in [2.45, 2.75) is 25.4 Å². The summed E-state index contributed by atoms with van der Waals surface area (Å²) >= 11 is 0. The molecule has 1 saturated heterocycles. The molecule has 0 amide bonds. The highest BCUT2D eigenvalue weighted by Gasteiger charge is 2.32. The van der Waals surface area contributed by atoms with Crippen molar-refractivity contribution in [2.24, 2.45) is 0 Å². The third-order valence-corrected chi connectivity index (χ3v) is 3.66. The Morgan fingerprint density at radius 3 is 2.95 bits per heavy atom. The molecule has 0 saturated carbocycles. The Morgan fingerprint density at radius 1 is 1.38 bits per heavy atom. The van der Waals surface area contributed by atoms with Crippen molar-refractivity contribution in [3.05, 3.63) is 36.2 Å². The Hall–Kier alpha value is -2.21. The molecule has 0 N–H and O–H groups in total. The van der Waals surface area contributed by atoms with Gasteiger partial charge in [-0.25, -0.2) is 0 Å². The van der Waals surface area contributed by atoms with Crippen LogP contribution in [-0.4, -0.2) is 40.8 Å². The van der Waals surface area contributed by atoms with Crippen molar-refractivity contribution in [1.82, 2.24) is 15.1 Å². The molecule has 1 aromatic heterocycles. The second kappa shape index (κ2) is 6.05. The molecular weight excluding hydrogens is 270 g/mol. The maximum atomic E-state index is 11.7. The van der Waals surface area contributed by atoms with Crippen LogP contribution in [0, 0.1) is 0 Å². The molecule has 1 fully saturated rings. The number of carbonyl (C=O) groups excluding carboxylic acids is 1. The summed E-state index contributed by atoms with van der Waals surface area (Å²) < 4.78 is 10.5. The quantitative estimate of drug-likeness (QED) is 0.800. The van der Waals surface area contributed by atoms with E-state index in [2.05, 4.69) is 10.2 Å². The largest absolute Gasteiger partial charge is 0.468 e. The van der Waals surface area contributed by atoms with E-state index in [0.717, 1.165) is 24.9 Å². The molecule has 110 valence electrons. The molecule has 1 aliphatic rings. The van der Waals surface area contributed by atoms with E-state index in [-0.39, 0.29) is 12.0 Å². The number of hydrogen-bond donors (Lipinski definition) is 0. The monoisotopic (exact) mass is 287 g/mol. The molecule has 1 unspecified atom stereocenters. The van der Waals surface area contributed by atoms with Crippen LogP contribution in [0.4, 0.5) is 0 Å². The van der Waals surface area contributed by atoms with Gasteiger partial charge in [0.25, 0.3) is 0 Å². The van der Waals surface area contributed by atoms with E-state index in [1.807, 2.05) is 35.2 Å². The number of esters is 1. The molecule has 1 aliphatic heterocycles. The summed E-state index contributed by atoms with van der Waals surface area (Å²) in [5, 5.41) is 8.12. The maximum Gasteiger partial charge on any atom is 0.323 e. The molecule has 3 rings (SSSR count). The van der Waals surface area contributed by atoms with E-state index in [1.54, 1.807) is 0 Å². The van der Waals surface area contributed by atoms with Gasteiger partial charge < -0.3 is 9.15 Å². The van der Waals surface area contributed by atoms with E-state index < -0.39 is 0 Å². The fourth-order valence-corrected chi connectivity index (χ4v) is 2.61. The lowest BCUT2D eigenvalue weighted by atomic mass is 10.2. The van der Waals surface area contributed by atoms with Gasteiger partial charge in [0.1, 0.15) is 6.04 Å². The van der Waals surface area contributed by atoms with Gasteiger partial charge in [0.05, 0.1) is 13.7 Å². The number of ether oxygens (including phenoxy) is 1. The van der Waals surface area contributed by atoms with Gasteiger partial charge >= 0.3 is 5.97 Å². The molecule has 0 spiro atoms. The van der Waals surface area contributed by atoms with Crippen LogP contribution in [0.1, 0.15) is 18.7 Å². The summed E-state index contributed by atoms with van der Waals surface area (Å²) in [6.07, 6.45) is 1.78. The van der Waals surface area contributed by atoms with E-state index in [4.69, 9.17) is 9.15 Å². The Morgan fingerprint density at radius 2 is 2.19 bits per heavy atom. The van der Waals surface area contributed by atoms with Crippen LogP contribution < -0.4 is 0 Å². The lowest BCUT2D eigenvalue weighted by Gasteiger charge is -2.20. The molecule has 2 aromatic rings. The topological polar surface area (TPSA) is 68.5 Å². The minimum atomic E-state index is -0.206. The smallest absolute Gasteiger partial charge is 0.323 e. The summed E-state index contributed by atoms with van der Waals surface area (Å²) in [5.41, 5.74) is 0.891. The maximum absolute atomic E-state index is 11.7. The van der Waals surface area contributed by atoms with Crippen molar-refractivity contribution >= 4 is 5.97 Å². The van der Waals surface area contributed by atoms with Crippen molar-refractivity contribution in [3.8, 4) is 11.5 Å². The van der Waals surface area contributed by atoms with Gasteiger partial charge in [-0.05, 0) is 31.5 Å². The van der Waals surface area contributed by atoms with Gasteiger partial charge in [0, 0.05) is 5.56 Å².